The lowest BCUT2D eigenvalue weighted by Gasteiger charge is -2.17. The smallest absolute Gasteiger partial charge is 0.191 e. The van der Waals surface area contributed by atoms with Crippen molar-refractivity contribution in [1.29, 1.82) is 0 Å². The van der Waals surface area contributed by atoms with Crippen LogP contribution in [0.3, 0.4) is 0 Å². The third kappa shape index (κ3) is 5.34. The first-order valence-corrected chi connectivity index (χ1v) is 9.58. The van der Waals surface area contributed by atoms with Gasteiger partial charge < -0.3 is 15.4 Å². The Kier molecular flexibility index (Phi) is 7.09. The van der Waals surface area contributed by atoms with Gasteiger partial charge in [0.25, 0.3) is 0 Å². The Hall–Kier alpha value is -1.36. The van der Waals surface area contributed by atoms with E-state index in [4.69, 9.17) is 4.74 Å². The molecule has 1 aromatic rings. The second-order valence-corrected chi connectivity index (χ2v) is 7.20. The Bertz CT molecular complexity index is 533. The van der Waals surface area contributed by atoms with Crippen molar-refractivity contribution in [1.82, 2.24) is 10.6 Å². The number of methoxy groups -OCH3 is 1. The molecule has 0 spiro atoms. The van der Waals surface area contributed by atoms with Crippen molar-refractivity contribution in [3.63, 3.8) is 0 Å². The molecular weight excluding hydrogens is 306 g/mol. The zero-order chi connectivity index (χ0) is 16.7. The zero-order valence-corrected chi connectivity index (χ0v) is 15.5. The van der Waals surface area contributed by atoms with Crippen molar-refractivity contribution < 1.29 is 4.74 Å². The van der Waals surface area contributed by atoms with Gasteiger partial charge in [0.15, 0.2) is 5.96 Å². The summed E-state index contributed by atoms with van der Waals surface area (Å²) in [5, 5.41) is 7.77. The van der Waals surface area contributed by atoms with Crippen LogP contribution < -0.4 is 15.4 Å². The van der Waals surface area contributed by atoms with E-state index in [9.17, 15) is 0 Å². The summed E-state index contributed by atoms with van der Waals surface area (Å²) in [5.74, 6) is 1.87. The number of nitrogens with one attached hydrogen (secondary N) is 2. The summed E-state index contributed by atoms with van der Waals surface area (Å²) in [4.78, 5) is 4.34. The lowest BCUT2D eigenvalue weighted by molar-refractivity contribution is 0.411. The van der Waals surface area contributed by atoms with Crippen molar-refractivity contribution in [2.45, 2.75) is 43.9 Å². The highest BCUT2D eigenvalue weighted by Gasteiger charge is 2.24. The van der Waals surface area contributed by atoms with Gasteiger partial charge in [-0.1, -0.05) is 12.1 Å². The van der Waals surface area contributed by atoms with Gasteiger partial charge in [-0.05, 0) is 56.1 Å². The first-order chi connectivity index (χ1) is 11.2. The molecule has 128 valence electrons. The molecule has 2 N–H and O–H groups in total. The highest BCUT2D eigenvalue weighted by molar-refractivity contribution is 7.99. The molecule has 1 aliphatic carbocycles. The van der Waals surface area contributed by atoms with Crippen LogP contribution in [0.25, 0.3) is 0 Å². The van der Waals surface area contributed by atoms with E-state index in [-0.39, 0.29) is 0 Å². The van der Waals surface area contributed by atoms with Gasteiger partial charge >= 0.3 is 0 Å². The van der Waals surface area contributed by atoms with E-state index in [1.54, 1.807) is 7.11 Å². The first kappa shape index (κ1) is 18.0. The Morgan fingerprint density at radius 1 is 1.39 bits per heavy atom. The van der Waals surface area contributed by atoms with Gasteiger partial charge in [-0.3, -0.25) is 4.99 Å². The second kappa shape index (κ2) is 9.06. The Morgan fingerprint density at radius 2 is 2.22 bits per heavy atom. The van der Waals surface area contributed by atoms with E-state index < -0.39 is 0 Å². The molecule has 0 aliphatic heterocycles. The Labute approximate surface area is 144 Å². The molecule has 4 nitrogen and oxygen atoms in total. The maximum atomic E-state index is 5.39. The molecule has 0 heterocycles. The quantitative estimate of drug-likeness (QED) is 0.620. The molecule has 0 bridgehead atoms. The number of benzene rings is 1. The molecule has 1 aromatic carbocycles. The highest BCUT2D eigenvalue weighted by atomic mass is 32.2. The summed E-state index contributed by atoms with van der Waals surface area (Å²) in [6.45, 7) is 2.93. The number of hydrogen-bond acceptors (Lipinski definition) is 3. The largest absolute Gasteiger partial charge is 0.496 e. The van der Waals surface area contributed by atoms with E-state index in [1.807, 2.05) is 18.8 Å². The standard InChI is InChI=1S/C18H29N3OS/c1-13-5-6-14(11-17(13)22-3)9-10-20-18(19-2)21-15-7-8-16(12-15)23-4/h5-6,11,15-16H,7-10,12H2,1-4H3,(H2,19,20,21). The number of hydrogen-bond donors (Lipinski definition) is 2. The molecule has 0 saturated heterocycles. The van der Waals surface area contributed by atoms with Gasteiger partial charge in [0, 0.05) is 24.9 Å². The van der Waals surface area contributed by atoms with Crippen molar-refractivity contribution >= 4 is 17.7 Å². The van der Waals surface area contributed by atoms with Gasteiger partial charge in [-0.2, -0.15) is 11.8 Å². The number of aryl methyl sites for hydroxylation is 1. The molecule has 2 atom stereocenters. The molecule has 23 heavy (non-hydrogen) atoms. The van der Waals surface area contributed by atoms with Gasteiger partial charge in [0.1, 0.15) is 5.75 Å². The maximum absolute atomic E-state index is 5.39. The third-order valence-electron chi connectivity index (χ3n) is 4.46. The van der Waals surface area contributed by atoms with E-state index >= 15 is 0 Å². The summed E-state index contributed by atoms with van der Waals surface area (Å²) in [7, 11) is 3.56. The molecule has 2 rings (SSSR count). The lowest BCUT2D eigenvalue weighted by atomic mass is 10.1. The fraction of sp³-hybridized carbons (Fsp3) is 0.611. The molecular formula is C18H29N3OS. The van der Waals surface area contributed by atoms with Gasteiger partial charge in [0.05, 0.1) is 7.11 Å². The zero-order valence-electron chi connectivity index (χ0n) is 14.7. The minimum atomic E-state index is 0.554. The summed E-state index contributed by atoms with van der Waals surface area (Å²) in [6, 6.07) is 6.95. The summed E-state index contributed by atoms with van der Waals surface area (Å²) in [5.41, 5.74) is 2.45. The van der Waals surface area contributed by atoms with Crippen LogP contribution in [-0.2, 0) is 6.42 Å². The van der Waals surface area contributed by atoms with Crippen LogP contribution >= 0.6 is 11.8 Å². The van der Waals surface area contributed by atoms with Gasteiger partial charge in [-0.15, -0.1) is 0 Å². The lowest BCUT2D eigenvalue weighted by Crippen LogP contribution is -2.43. The van der Waals surface area contributed by atoms with E-state index in [2.05, 4.69) is 47.0 Å². The number of nitrogens with zero attached hydrogens (tertiary/aromatic N) is 1. The maximum Gasteiger partial charge on any atom is 0.191 e. The van der Waals surface area contributed by atoms with Crippen LogP contribution in [-0.4, -0.2) is 44.2 Å². The SMILES string of the molecule is CN=C(NCCc1ccc(C)c(OC)c1)NC1CCC(SC)C1. The number of rotatable bonds is 6. The number of ether oxygens (including phenoxy) is 1. The summed E-state index contributed by atoms with van der Waals surface area (Å²) in [6.07, 6.45) is 6.93. The molecule has 0 amide bonds. The van der Waals surface area contributed by atoms with Crippen molar-refractivity contribution in [2.75, 3.05) is 27.0 Å². The van der Waals surface area contributed by atoms with Crippen LogP contribution in [0.1, 0.15) is 30.4 Å². The number of guanidine groups is 1. The highest BCUT2D eigenvalue weighted by Crippen LogP contribution is 2.28. The molecule has 5 heteroatoms. The molecule has 0 aromatic heterocycles. The predicted octanol–water partition coefficient (Wildman–Crippen LogP) is 3.00. The van der Waals surface area contributed by atoms with Crippen molar-refractivity contribution in [2.24, 2.45) is 4.99 Å². The number of aliphatic imine (C=N–C) groups is 1. The summed E-state index contributed by atoms with van der Waals surface area (Å²) >= 11 is 1.98. The molecule has 1 saturated carbocycles. The molecule has 1 fully saturated rings. The Balaban J connectivity index is 1.78. The van der Waals surface area contributed by atoms with Crippen molar-refractivity contribution in [3.05, 3.63) is 29.3 Å². The minimum Gasteiger partial charge on any atom is -0.496 e. The van der Waals surface area contributed by atoms with E-state index in [0.717, 1.165) is 29.9 Å². The molecule has 0 radical (unpaired) electrons. The van der Waals surface area contributed by atoms with Crippen LogP contribution in [0.5, 0.6) is 5.75 Å². The average Bonchev–Trinajstić information content (AvgIpc) is 3.03. The van der Waals surface area contributed by atoms with Crippen LogP contribution in [0, 0.1) is 6.92 Å². The van der Waals surface area contributed by atoms with Crippen molar-refractivity contribution in [3.8, 4) is 5.75 Å². The Morgan fingerprint density at radius 3 is 2.87 bits per heavy atom. The minimum absolute atomic E-state index is 0.554. The summed E-state index contributed by atoms with van der Waals surface area (Å²) < 4.78 is 5.39. The van der Waals surface area contributed by atoms with E-state index in [1.165, 1.54) is 30.4 Å². The van der Waals surface area contributed by atoms with Crippen LogP contribution in [0.15, 0.2) is 23.2 Å². The fourth-order valence-corrected chi connectivity index (χ4v) is 3.81. The first-order valence-electron chi connectivity index (χ1n) is 8.29. The second-order valence-electron chi connectivity index (χ2n) is 6.06. The third-order valence-corrected chi connectivity index (χ3v) is 5.56. The monoisotopic (exact) mass is 335 g/mol. The topological polar surface area (TPSA) is 45.7 Å². The predicted molar refractivity (Wildman–Crippen MR) is 101 cm³/mol. The normalized spacial score (nSPS) is 21.3. The van der Waals surface area contributed by atoms with Crippen LogP contribution in [0.2, 0.25) is 0 Å². The molecule has 1 aliphatic rings. The number of thioether (sulfide) groups is 1. The fourth-order valence-electron chi connectivity index (χ4n) is 3.02. The van der Waals surface area contributed by atoms with Gasteiger partial charge in [-0.25, -0.2) is 0 Å². The van der Waals surface area contributed by atoms with Crippen LogP contribution in [0.4, 0.5) is 0 Å². The average molecular weight is 336 g/mol. The van der Waals surface area contributed by atoms with E-state index in [0.29, 0.717) is 6.04 Å². The van der Waals surface area contributed by atoms with Gasteiger partial charge in [0.2, 0.25) is 0 Å². The molecule has 2 unspecified atom stereocenters.